The van der Waals surface area contributed by atoms with Gasteiger partial charge in [-0.3, -0.25) is 0 Å². The molecule has 0 radical (unpaired) electrons. The van der Waals surface area contributed by atoms with Crippen molar-refractivity contribution >= 4 is 34.4 Å². The maximum Gasteiger partial charge on any atom is 0.0287 e. The van der Waals surface area contributed by atoms with Crippen LogP contribution in [0.2, 0.25) is 0 Å². The molecule has 0 atom stereocenters. The standard InChI is InChI=1S/C15H13IS/c1-2-11-17-15-13(9-6-10-14(15)16)12-7-4-3-5-8-12/h2-10H,1,11H2. The largest absolute Gasteiger partial charge is 0.120 e. The minimum Gasteiger partial charge on any atom is -0.120 e. The fourth-order valence-electron chi connectivity index (χ4n) is 1.64. The molecule has 0 unspecified atom stereocenters. The Kier molecular flexibility index (Phi) is 4.68. The van der Waals surface area contributed by atoms with Gasteiger partial charge in [0.25, 0.3) is 0 Å². The first-order chi connectivity index (χ1) is 8.33. The van der Waals surface area contributed by atoms with Crippen LogP contribution in [0, 0.1) is 3.57 Å². The maximum atomic E-state index is 3.78. The molecule has 0 aliphatic heterocycles. The summed E-state index contributed by atoms with van der Waals surface area (Å²) in [5.74, 6) is 0.944. The Morgan fingerprint density at radius 3 is 2.53 bits per heavy atom. The third-order valence-corrected chi connectivity index (χ3v) is 4.79. The lowest BCUT2D eigenvalue weighted by atomic mass is 10.1. The quantitative estimate of drug-likeness (QED) is 0.412. The highest BCUT2D eigenvalue weighted by Gasteiger charge is 2.07. The first-order valence-electron chi connectivity index (χ1n) is 5.40. The summed E-state index contributed by atoms with van der Waals surface area (Å²) in [7, 11) is 0. The third-order valence-electron chi connectivity index (χ3n) is 2.40. The van der Waals surface area contributed by atoms with Gasteiger partial charge in [0.2, 0.25) is 0 Å². The maximum absolute atomic E-state index is 3.78. The molecule has 0 heterocycles. The van der Waals surface area contributed by atoms with E-state index in [2.05, 4.69) is 71.6 Å². The summed E-state index contributed by atoms with van der Waals surface area (Å²) in [5, 5.41) is 0. The van der Waals surface area contributed by atoms with Crippen molar-refractivity contribution in [3.8, 4) is 11.1 Å². The monoisotopic (exact) mass is 352 g/mol. The van der Waals surface area contributed by atoms with Crippen LogP contribution in [0.1, 0.15) is 0 Å². The van der Waals surface area contributed by atoms with Crippen LogP contribution < -0.4 is 0 Å². The molecule has 86 valence electrons. The van der Waals surface area contributed by atoms with E-state index in [1.165, 1.54) is 19.6 Å². The molecule has 2 rings (SSSR count). The topological polar surface area (TPSA) is 0 Å². The molecular formula is C15H13IS. The van der Waals surface area contributed by atoms with E-state index in [9.17, 15) is 0 Å². The number of hydrogen-bond donors (Lipinski definition) is 0. The lowest BCUT2D eigenvalue weighted by Crippen LogP contribution is -1.86. The Morgan fingerprint density at radius 2 is 1.82 bits per heavy atom. The van der Waals surface area contributed by atoms with Gasteiger partial charge in [-0.15, -0.1) is 18.3 Å². The van der Waals surface area contributed by atoms with Gasteiger partial charge in [0.05, 0.1) is 0 Å². The average molecular weight is 352 g/mol. The van der Waals surface area contributed by atoms with Gasteiger partial charge >= 0.3 is 0 Å². The van der Waals surface area contributed by atoms with E-state index in [4.69, 9.17) is 0 Å². The third kappa shape index (κ3) is 3.13. The Balaban J connectivity index is 2.46. The average Bonchev–Trinajstić information content (AvgIpc) is 2.38. The molecule has 2 heteroatoms. The molecule has 0 fully saturated rings. The molecule has 0 amide bonds. The van der Waals surface area contributed by atoms with E-state index < -0.39 is 0 Å². The summed E-state index contributed by atoms with van der Waals surface area (Å²) in [6.45, 7) is 3.78. The van der Waals surface area contributed by atoms with Crippen LogP contribution in [-0.4, -0.2) is 5.75 Å². The minimum atomic E-state index is 0.944. The Morgan fingerprint density at radius 1 is 1.06 bits per heavy atom. The summed E-state index contributed by atoms with van der Waals surface area (Å²) in [6.07, 6.45) is 1.95. The Hall–Kier alpha value is -0.740. The van der Waals surface area contributed by atoms with Gasteiger partial charge < -0.3 is 0 Å². The summed E-state index contributed by atoms with van der Waals surface area (Å²) in [5.41, 5.74) is 2.59. The van der Waals surface area contributed by atoms with Crippen LogP contribution in [0.25, 0.3) is 11.1 Å². The number of rotatable bonds is 4. The van der Waals surface area contributed by atoms with E-state index in [-0.39, 0.29) is 0 Å². The summed E-state index contributed by atoms with van der Waals surface area (Å²) in [4.78, 5) is 1.35. The number of hydrogen-bond acceptors (Lipinski definition) is 1. The van der Waals surface area contributed by atoms with Crippen molar-refractivity contribution in [3.05, 3.63) is 64.8 Å². The van der Waals surface area contributed by atoms with Gasteiger partial charge in [-0.25, -0.2) is 0 Å². The molecule has 0 saturated heterocycles. The van der Waals surface area contributed by atoms with Gasteiger partial charge in [0.1, 0.15) is 0 Å². The van der Waals surface area contributed by atoms with E-state index in [1.807, 2.05) is 23.9 Å². The molecule has 0 aromatic heterocycles. The van der Waals surface area contributed by atoms with Crippen molar-refractivity contribution < 1.29 is 0 Å². The lowest BCUT2D eigenvalue weighted by Gasteiger charge is -2.10. The molecule has 0 bridgehead atoms. The first kappa shape index (κ1) is 12.7. The van der Waals surface area contributed by atoms with E-state index in [1.54, 1.807) is 0 Å². The van der Waals surface area contributed by atoms with Gasteiger partial charge in [0, 0.05) is 14.2 Å². The van der Waals surface area contributed by atoms with Crippen LogP contribution in [-0.2, 0) is 0 Å². The van der Waals surface area contributed by atoms with Crippen LogP contribution in [0.3, 0.4) is 0 Å². The molecule has 0 spiro atoms. The molecule has 0 N–H and O–H groups in total. The van der Waals surface area contributed by atoms with Crippen molar-refractivity contribution in [2.45, 2.75) is 4.90 Å². The normalized spacial score (nSPS) is 10.2. The Labute approximate surface area is 120 Å². The summed E-state index contributed by atoms with van der Waals surface area (Å²) in [6, 6.07) is 17.0. The lowest BCUT2D eigenvalue weighted by molar-refractivity contribution is 1.39. The highest BCUT2D eigenvalue weighted by atomic mass is 127. The number of benzene rings is 2. The van der Waals surface area contributed by atoms with Crippen molar-refractivity contribution in [3.63, 3.8) is 0 Å². The predicted octanol–water partition coefficient (Wildman–Crippen LogP) is 5.24. The molecule has 0 nitrogen and oxygen atoms in total. The molecule has 2 aromatic carbocycles. The highest BCUT2D eigenvalue weighted by Crippen LogP contribution is 2.34. The SMILES string of the molecule is C=CCSc1c(I)cccc1-c1ccccc1. The molecule has 0 aliphatic carbocycles. The van der Waals surface area contributed by atoms with Gasteiger partial charge in [0.15, 0.2) is 0 Å². The fourth-order valence-corrected chi connectivity index (χ4v) is 3.44. The molecular weight excluding hydrogens is 339 g/mol. The van der Waals surface area contributed by atoms with Crippen molar-refractivity contribution in [1.29, 1.82) is 0 Å². The van der Waals surface area contributed by atoms with E-state index in [0.717, 1.165) is 5.75 Å². The number of halogens is 1. The van der Waals surface area contributed by atoms with E-state index in [0.29, 0.717) is 0 Å². The number of thioether (sulfide) groups is 1. The first-order valence-corrected chi connectivity index (χ1v) is 7.47. The summed E-state index contributed by atoms with van der Waals surface area (Å²) >= 11 is 4.24. The van der Waals surface area contributed by atoms with Crippen LogP contribution in [0.5, 0.6) is 0 Å². The van der Waals surface area contributed by atoms with Crippen molar-refractivity contribution in [2.75, 3.05) is 5.75 Å². The molecule has 0 saturated carbocycles. The molecule has 2 aromatic rings. The van der Waals surface area contributed by atoms with Gasteiger partial charge in [-0.2, -0.15) is 0 Å². The van der Waals surface area contributed by atoms with Gasteiger partial charge in [-0.05, 0) is 39.8 Å². The Bertz CT molecular complexity index is 506. The zero-order valence-electron chi connectivity index (χ0n) is 9.40. The molecule has 0 aliphatic rings. The smallest absolute Gasteiger partial charge is 0.0287 e. The van der Waals surface area contributed by atoms with Gasteiger partial charge in [-0.1, -0.05) is 48.5 Å². The second-order valence-corrected chi connectivity index (χ2v) is 5.77. The van der Waals surface area contributed by atoms with E-state index >= 15 is 0 Å². The second-order valence-electron chi connectivity index (χ2n) is 3.58. The van der Waals surface area contributed by atoms with Crippen LogP contribution >= 0.6 is 34.4 Å². The van der Waals surface area contributed by atoms with Crippen molar-refractivity contribution in [2.24, 2.45) is 0 Å². The zero-order chi connectivity index (χ0) is 12.1. The second kappa shape index (κ2) is 6.26. The van der Waals surface area contributed by atoms with Crippen molar-refractivity contribution in [1.82, 2.24) is 0 Å². The van der Waals surface area contributed by atoms with Crippen LogP contribution in [0.4, 0.5) is 0 Å². The molecule has 17 heavy (non-hydrogen) atoms. The van der Waals surface area contributed by atoms with Crippen LogP contribution in [0.15, 0.2) is 66.1 Å². The summed E-state index contributed by atoms with van der Waals surface area (Å²) < 4.78 is 1.30. The zero-order valence-corrected chi connectivity index (χ0v) is 12.4. The predicted molar refractivity (Wildman–Crippen MR) is 85.5 cm³/mol. The minimum absolute atomic E-state index is 0.944. The highest BCUT2D eigenvalue weighted by molar-refractivity contribution is 14.1. The fraction of sp³-hybridized carbons (Fsp3) is 0.0667.